The van der Waals surface area contributed by atoms with Crippen molar-refractivity contribution in [3.05, 3.63) is 16.1 Å². The Morgan fingerprint density at radius 2 is 2.54 bits per heavy atom. The molecule has 1 saturated carbocycles. The summed E-state index contributed by atoms with van der Waals surface area (Å²) in [6.07, 6.45) is 3.95. The Balaban J connectivity index is 1.81. The van der Waals surface area contributed by atoms with Crippen molar-refractivity contribution in [2.75, 3.05) is 0 Å². The van der Waals surface area contributed by atoms with E-state index in [9.17, 15) is 4.79 Å². The van der Waals surface area contributed by atoms with Crippen LogP contribution in [0.3, 0.4) is 0 Å². The zero-order valence-corrected chi connectivity index (χ0v) is 8.36. The van der Waals surface area contributed by atoms with E-state index in [1.54, 1.807) is 11.3 Å². The second-order valence-corrected chi connectivity index (χ2v) is 4.66. The number of nitrogens with one attached hydrogen (secondary N) is 1. The van der Waals surface area contributed by atoms with Crippen LogP contribution in [0.2, 0.25) is 0 Å². The molecule has 0 spiro atoms. The maximum absolute atomic E-state index is 11.3. The summed E-state index contributed by atoms with van der Waals surface area (Å²) < 4.78 is 0. The summed E-state index contributed by atoms with van der Waals surface area (Å²) in [5, 5.41) is 3.96. The minimum Gasteiger partial charge on any atom is -0.351 e. The first-order chi connectivity index (χ1) is 6.25. The van der Waals surface area contributed by atoms with E-state index in [-0.39, 0.29) is 5.91 Å². The first-order valence-electron chi connectivity index (χ1n) is 4.45. The molecule has 0 bridgehead atoms. The minimum absolute atomic E-state index is 0.200. The summed E-state index contributed by atoms with van der Waals surface area (Å²) in [4.78, 5) is 16.5. The average Bonchev–Trinajstić information content (AvgIpc) is 2.87. The van der Waals surface area contributed by atoms with E-state index < -0.39 is 0 Å². The predicted octanol–water partition coefficient (Wildman–Crippen LogP) is 1.48. The zero-order chi connectivity index (χ0) is 9.26. The first kappa shape index (κ1) is 8.69. The molecule has 0 saturated heterocycles. The van der Waals surface area contributed by atoms with Gasteiger partial charge >= 0.3 is 0 Å². The molecule has 3 nitrogen and oxygen atoms in total. The van der Waals surface area contributed by atoms with E-state index in [2.05, 4.69) is 10.3 Å². The molecule has 4 heteroatoms. The number of aromatic nitrogens is 1. The SMILES string of the molecule is Cc1ncc(CNC(=O)C2CC2)s1. The summed E-state index contributed by atoms with van der Waals surface area (Å²) in [7, 11) is 0. The molecule has 13 heavy (non-hydrogen) atoms. The highest BCUT2D eigenvalue weighted by atomic mass is 32.1. The molecule has 0 aliphatic heterocycles. The number of rotatable bonds is 3. The molecule has 70 valence electrons. The summed E-state index contributed by atoms with van der Waals surface area (Å²) in [6.45, 7) is 2.61. The molecular weight excluding hydrogens is 184 g/mol. The fourth-order valence-corrected chi connectivity index (χ4v) is 1.89. The molecule has 2 rings (SSSR count). The number of amides is 1. The van der Waals surface area contributed by atoms with Crippen LogP contribution < -0.4 is 5.32 Å². The Bertz CT molecular complexity index is 317. The van der Waals surface area contributed by atoms with Crippen LogP contribution in [0.1, 0.15) is 22.7 Å². The summed E-state index contributed by atoms with van der Waals surface area (Å²) in [5.41, 5.74) is 0. The highest BCUT2D eigenvalue weighted by Crippen LogP contribution is 2.28. The zero-order valence-electron chi connectivity index (χ0n) is 7.54. The van der Waals surface area contributed by atoms with Crippen molar-refractivity contribution >= 4 is 17.2 Å². The van der Waals surface area contributed by atoms with Gasteiger partial charge in [0.05, 0.1) is 11.6 Å². The molecule has 1 aliphatic rings. The van der Waals surface area contributed by atoms with Crippen molar-refractivity contribution in [3.63, 3.8) is 0 Å². The van der Waals surface area contributed by atoms with Gasteiger partial charge in [0.1, 0.15) is 0 Å². The topological polar surface area (TPSA) is 42.0 Å². The third-order valence-corrected chi connectivity index (χ3v) is 2.97. The molecule has 1 aliphatic carbocycles. The van der Waals surface area contributed by atoms with Crippen molar-refractivity contribution in [1.29, 1.82) is 0 Å². The van der Waals surface area contributed by atoms with Crippen LogP contribution in [0, 0.1) is 12.8 Å². The number of carbonyl (C=O) groups is 1. The van der Waals surface area contributed by atoms with E-state index in [0.717, 1.165) is 22.7 Å². The third kappa shape index (κ3) is 2.28. The van der Waals surface area contributed by atoms with Crippen LogP contribution >= 0.6 is 11.3 Å². The molecule has 1 fully saturated rings. The molecular formula is C9H12N2OS. The number of aryl methyl sites for hydroxylation is 1. The fraction of sp³-hybridized carbons (Fsp3) is 0.556. The number of nitrogens with zero attached hydrogens (tertiary/aromatic N) is 1. The van der Waals surface area contributed by atoms with Crippen molar-refractivity contribution in [2.24, 2.45) is 5.92 Å². The van der Waals surface area contributed by atoms with Gasteiger partial charge in [-0.2, -0.15) is 0 Å². The molecule has 1 N–H and O–H groups in total. The second-order valence-electron chi connectivity index (χ2n) is 3.34. The van der Waals surface area contributed by atoms with E-state index in [1.807, 2.05) is 13.1 Å². The summed E-state index contributed by atoms with van der Waals surface area (Å²) in [6, 6.07) is 0. The Morgan fingerprint density at radius 1 is 1.77 bits per heavy atom. The summed E-state index contributed by atoms with van der Waals surface area (Å²) in [5.74, 6) is 0.500. The average molecular weight is 196 g/mol. The maximum Gasteiger partial charge on any atom is 0.223 e. The second kappa shape index (κ2) is 3.46. The largest absolute Gasteiger partial charge is 0.351 e. The number of thiazole rings is 1. The Hall–Kier alpha value is -0.900. The lowest BCUT2D eigenvalue weighted by Gasteiger charge is -1.99. The molecule has 0 unspecified atom stereocenters. The lowest BCUT2D eigenvalue weighted by atomic mass is 10.4. The normalized spacial score (nSPS) is 15.8. The van der Waals surface area contributed by atoms with Gasteiger partial charge in [-0.3, -0.25) is 4.79 Å². The van der Waals surface area contributed by atoms with Crippen LogP contribution in [0.4, 0.5) is 0 Å². The van der Waals surface area contributed by atoms with Gasteiger partial charge in [0.2, 0.25) is 5.91 Å². The Kier molecular flexibility index (Phi) is 2.31. The van der Waals surface area contributed by atoms with Gasteiger partial charge in [-0.05, 0) is 19.8 Å². The van der Waals surface area contributed by atoms with Crippen molar-refractivity contribution < 1.29 is 4.79 Å². The van der Waals surface area contributed by atoms with Gasteiger partial charge in [0.25, 0.3) is 0 Å². The highest BCUT2D eigenvalue weighted by molar-refractivity contribution is 7.11. The van der Waals surface area contributed by atoms with Gasteiger partial charge < -0.3 is 5.32 Å². The van der Waals surface area contributed by atoms with E-state index >= 15 is 0 Å². The maximum atomic E-state index is 11.3. The van der Waals surface area contributed by atoms with E-state index in [0.29, 0.717) is 12.5 Å². The molecule has 1 aromatic rings. The van der Waals surface area contributed by atoms with Crippen LogP contribution in [-0.2, 0) is 11.3 Å². The molecule has 1 amide bonds. The van der Waals surface area contributed by atoms with Crippen LogP contribution in [-0.4, -0.2) is 10.9 Å². The van der Waals surface area contributed by atoms with Crippen molar-refractivity contribution in [1.82, 2.24) is 10.3 Å². The Labute approximate surface area is 81.2 Å². The monoisotopic (exact) mass is 196 g/mol. The van der Waals surface area contributed by atoms with Crippen molar-refractivity contribution in [3.8, 4) is 0 Å². The smallest absolute Gasteiger partial charge is 0.223 e. The van der Waals surface area contributed by atoms with Gasteiger partial charge in [-0.25, -0.2) is 4.98 Å². The lowest BCUT2D eigenvalue weighted by molar-refractivity contribution is -0.122. The number of hydrogen-bond donors (Lipinski definition) is 1. The van der Waals surface area contributed by atoms with Gasteiger partial charge in [-0.15, -0.1) is 11.3 Å². The standard InChI is InChI=1S/C9H12N2OS/c1-6-10-4-8(13-6)5-11-9(12)7-2-3-7/h4,7H,2-3,5H2,1H3,(H,11,12). The van der Waals surface area contributed by atoms with Crippen LogP contribution in [0.25, 0.3) is 0 Å². The first-order valence-corrected chi connectivity index (χ1v) is 5.26. The Morgan fingerprint density at radius 3 is 3.08 bits per heavy atom. The third-order valence-electron chi connectivity index (χ3n) is 2.05. The fourth-order valence-electron chi connectivity index (χ4n) is 1.15. The summed E-state index contributed by atoms with van der Waals surface area (Å²) >= 11 is 1.64. The molecule has 1 aromatic heterocycles. The highest BCUT2D eigenvalue weighted by Gasteiger charge is 2.29. The predicted molar refractivity (Wildman–Crippen MR) is 51.4 cm³/mol. The van der Waals surface area contributed by atoms with Crippen molar-refractivity contribution in [2.45, 2.75) is 26.3 Å². The number of hydrogen-bond acceptors (Lipinski definition) is 3. The quantitative estimate of drug-likeness (QED) is 0.795. The van der Waals surface area contributed by atoms with E-state index in [4.69, 9.17) is 0 Å². The number of carbonyl (C=O) groups excluding carboxylic acids is 1. The lowest BCUT2D eigenvalue weighted by Crippen LogP contribution is -2.23. The molecule has 1 heterocycles. The van der Waals surface area contributed by atoms with Crippen LogP contribution in [0.5, 0.6) is 0 Å². The minimum atomic E-state index is 0.200. The molecule has 0 aromatic carbocycles. The molecule has 0 atom stereocenters. The van der Waals surface area contributed by atoms with Crippen LogP contribution in [0.15, 0.2) is 6.20 Å². The molecule has 0 radical (unpaired) electrons. The van der Waals surface area contributed by atoms with E-state index in [1.165, 1.54) is 0 Å². The van der Waals surface area contributed by atoms with Gasteiger partial charge in [-0.1, -0.05) is 0 Å². The van der Waals surface area contributed by atoms with Gasteiger partial charge in [0, 0.05) is 17.0 Å². The van der Waals surface area contributed by atoms with Gasteiger partial charge in [0.15, 0.2) is 0 Å².